The molecule has 1 aliphatic rings. The summed E-state index contributed by atoms with van der Waals surface area (Å²) in [5.41, 5.74) is -0.311. The molecule has 1 atom stereocenters. The number of non-ortho nitro benzene ring substituents is 1. The molecule has 138 valence electrons. The summed E-state index contributed by atoms with van der Waals surface area (Å²) in [6.07, 6.45) is 1.83. The third-order valence-corrected chi connectivity index (χ3v) is 6.08. The Labute approximate surface area is 146 Å². The second-order valence-corrected chi connectivity index (χ2v) is 8.03. The molecule has 1 aliphatic heterocycles. The van der Waals surface area contributed by atoms with Crippen molar-refractivity contribution in [1.82, 2.24) is 14.5 Å². The number of nitrogens with zero attached hydrogens (tertiary/aromatic N) is 3. The maximum atomic E-state index is 12.6. The SMILES string of the molecule is CNC1CCCN(C(=O)CN(C)S(=O)(=O)c2cccc([N+](=O)[O-])c2)C1. The molecule has 10 heteroatoms. The molecule has 0 aliphatic carbocycles. The minimum Gasteiger partial charge on any atom is -0.340 e. The normalized spacial score (nSPS) is 18.4. The van der Waals surface area contributed by atoms with E-state index in [0.717, 1.165) is 23.2 Å². The van der Waals surface area contributed by atoms with Crippen LogP contribution < -0.4 is 5.32 Å². The molecule has 2 rings (SSSR count). The first-order valence-corrected chi connectivity index (χ1v) is 9.35. The van der Waals surface area contributed by atoms with Gasteiger partial charge in [0.25, 0.3) is 5.69 Å². The van der Waals surface area contributed by atoms with Gasteiger partial charge in [0.05, 0.1) is 16.4 Å². The fraction of sp³-hybridized carbons (Fsp3) is 0.533. The molecule has 1 amide bonds. The first-order chi connectivity index (χ1) is 11.8. The van der Waals surface area contributed by atoms with Crippen molar-refractivity contribution in [2.75, 3.05) is 33.7 Å². The average Bonchev–Trinajstić information content (AvgIpc) is 2.61. The van der Waals surface area contributed by atoms with E-state index in [0.29, 0.717) is 13.1 Å². The summed E-state index contributed by atoms with van der Waals surface area (Å²) in [4.78, 5) is 24.0. The van der Waals surface area contributed by atoms with Crippen LogP contribution in [0.3, 0.4) is 0 Å². The highest BCUT2D eigenvalue weighted by Crippen LogP contribution is 2.20. The van der Waals surface area contributed by atoms with Crippen molar-refractivity contribution in [1.29, 1.82) is 0 Å². The number of nitro groups is 1. The number of nitrogens with one attached hydrogen (secondary N) is 1. The molecule has 1 aromatic carbocycles. The van der Waals surface area contributed by atoms with E-state index in [1.807, 2.05) is 7.05 Å². The van der Waals surface area contributed by atoms with Crippen molar-refractivity contribution < 1.29 is 18.1 Å². The molecule has 1 fully saturated rings. The Morgan fingerprint density at radius 2 is 2.20 bits per heavy atom. The van der Waals surface area contributed by atoms with E-state index in [9.17, 15) is 23.3 Å². The molecule has 25 heavy (non-hydrogen) atoms. The predicted molar refractivity (Wildman–Crippen MR) is 91.6 cm³/mol. The number of amides is 1. The fourth-order valence-corrected chi connectivity index (χ4v) is 3.91. The molecule has 0 bridgehead atoms. The third-order valence-electron chi connectivity index (χ3n) is 4.28. The number of hydrogen-bond donors (Lipinski definition) is 1. The lowest BCUT2D eigenvalue weighted by Crippen LogP contribution is -2.50. The predicted octanol–water partition coefficient (Wildman–Crippen LogP) is 0.426. The number of hydrogen-bond acceptors (Lipinski definition) is 6. The molecule has 1 heterocycles. The summed E-state index contributed by atoms with van der Waals surface area (Å²) >= 11 is 0. The summed E-state index contributed by atoms with van der Waals surface area (Å²) < 4.78 is 26.1. The van der Waals surface area contributed by atoms with Crippen LogP contribution in [0.15, 0.2) is 29.2 Å². The Balaban J connectivity index is 2.10. The minimum absolute atomic E-state index is 0.205. The number of sulfonamides is 1. The summed E-state index contributed by atoms with van der Waals surface area (Å²) in [5, 5.41) is 13.9. The van der Waals surface area contributed by atoms with Gasteiger partial charge >= 0.3 is 0 Å². The largest absolute Gasteiger partial charge is 0.340 e. The number of carbonyl (C=O) groups excluding carboxylic acids is 1. The number of carbonyl (C=O) groups is 1. The van der Waals surface area contributed by atoms with Gasteiger partial charge in [0.2, 0.25) is 15.9 Å². The van der Waals surface area contributed by atoms with E-state index in [-0.39, 0.29) is 29.1 Å². The molecular weight excluding hydrogens is 348 g/mol. The van der Waals surface area contributed by atoms with E-state index < -0.39 is 14.9 Å². The summed E-state index contributed by atoms with van der Waals surface area (Å²) in [5.74, 6) is -0.281. The molecule has 1 saturated heterocycles. The zero-order chi connectivity index (χ0) is 18.6. The van der Waals surface area contributed by atoms with Crippen LogP contribution in [0.25, 0.3) is 0 Å². The number of piperidine rings is 1. The lowest BCUT2D eigenvalue weighted by Gasteiger charge is -2.33. The Kier molecular flexibility index (Phi) is 6.09. The van der Waals surface area contributed by atoms with E-state index in [2.05, 4.69) is 5.32 Å². The van der Waals surface area contributed by atoms with Crippen LogP contribution in [-0.4, -0.2) is 68.2 Å². The Morgan fingerprint density at radius 1 is 1.48 bits per heavy atom. The number of likely N-dealkylation sites (tertiary alicyclic amines) is 1. The van der Waals surface area contributed by atoms with Gasteiger partial charge in [-0.05, 0) is 26.0 Å². The van der Waals surface area contributed by atoms with E-state index in [1.165, 1.54) is 25.2 Å². The lowest BCUT2D eigenvalue weighted by molar-refractivity contribution is -0.385. The first-order valence-electron chi connectivity index (χ1n) is 7.91. The van der Waals surface area contributed by atoms with Crippen LogP contribution in [-0.2, 0) is 14.8 Å². The van der Waals surface area contributed by atoms with Gasteiger partial charge in [-0.15, -0.1) is 0 Å². The van der Waals surface area contributed by atoms with Crippen LogP contribution in [0.5, 0.6) is 0 Å². The van der Waals surface area contributed by atoms with Gasteiger partial charge in [-0.25, -0.2) is 8.42 Å². The molecule has 0 aromatic heterocycles. The van der Waals surface area contributed by atoms with Crippen LogP contribution in [0.2, 0.25) is 0 Å². The smallest absolute Gasteiger partial charge is 0.270 e. The van der Waals surface area contributed by atoms with Gasteiger partial charge in [0.1, 0.15) is 0 Å². The molecular formula is C15H22N4O5S. The van der Waals surface area contributed by atoms with Crippen molar-refractivity contribution >= 4 is 21.6 Å². The second-order valence-electron chi connectivity index (χ2n) is 5.98. The quantitative estimate of drug-likeness (QED) is 0.574. The Morgan fingerprint density at radius 3 is 2.84 bits per heavy atom. The van der Waals surface area contributed by atoms with Gasteiger partial charge in [-0.3, -0.25) is 14.9 Å². The third kappa shape index (κ3) is 4.53. The Hall–Kier alpha value is -2.04. The highest BCUT2D eigenvalue weighted by molar-refractivity contribution is 7.89. The highest BCUT2D eigenvalue weighted by atomic mass is 32.2. The molecule has 1 aromatic rings. The maximum Gasteiger partial charge on any atom is 0.270 e. The van der Waals surface area contributed by atoms with Gasteiger partial charge in [0, 0.05) is 38.3 Å². The zero-order valence-corrected chi connectivity index (χ0v) is 15.0. The number of rotatable bonds is 6. The van der Waals surface area contributed by atoms with Crippen molar-refractivity contribution in [2.24, 2.45) is 0 Å². The average molecular weight is 370 g/mol. The molecule has 1 N–H and O–H groups in total. The lowest BCUT2D eigenvalue weighted by atomic mass is 10.1. The zero-order valence-electron chi connectivity index (χ0n) is 14.2. The number of nitro benzene ring substituents is 1. The summed E-state index contributed by atoms with van der Waals surface area (Å²) in [6.45, 7) is 0.837. The van der Waals surface area contributed by atoms with Gasteiger partial charge in [0.15, 0.2) is 0 Å². The van der Waals surface area contributed by atoms with E-state index >= 15 is 0 Å². The Bertz CT molecular complexity index is 752. The van der Waals surface area contributed by atoms with Crippen LogP contribution in [0.1, 0.15) is 12.8 Å². The molecule has 0 radical (unpaired) electrons. The van der Waals surface area contributed by atoms with Crippen molar-refractivity contribution in [3.8, 4) is 0 Å². The van der Waals surface area contributed by atoms with E-state index in [1.54, 1.807) is 4.90 Å². The van der Waals surface area contributed by atoms with Crippen LogP contribution in [0, 0.1) is 10.1 Å². The summed E-state index contributed by atoms with van der Waals surface area (Å²) in [7, 11) is -0.854. The number of benzene rings is 1. The molecule has 1 unspecified atom stereocenters. The van der Waals surface area contributed by atoms with Gasteiger partial charge in [-0.2, -0.15) is 4.31 Å². The maximum absolute atomic E-state index is 12.6. The standard InChI is InChI=1S/C15H22N4O5S/c1-16-12-5-4-8-18(10-12)15(20)11-17(2)25(23,24)14-7-3-6-13(9-14)19(21)22/h3,6-7,9,12,16H,4-5,8,10-11H2,1-2H3. The molecule has 9 nitrogen and oxygen atoms in total. The van der Waals surface area contributed by atoms with Crippen LogP contribution >= 0.6 is 0 Å². The second kappa shape index (κ2) is 7.89. The molecule has 0 saturated carbocycles. The van der Waals surface area contributed by atoms with Gasteiger partial charge in [-0.1, -0.05) is 6.07 Å². The van der Waals surface area contributed by atoms with Crippen molar-refractivity contribution in [3.63, 3.8) is 0 Å². The topological polar surface area (TPSA) is 113 Å². The fourth-order valence-electron chi connectivity index (χ4n) is 2.75. The highest BCUT2D eigenvalue weighted by Gasteiger charge is 2.28. The number of likely N-dealkylation sites (N-methyl/N-ethyl adjacent to an activating group) is 2. The van der Waals surface area contributed by atoms with Gasteiger partial charge < -0.3 is 10.2 Å². The summed E-state index contributed by atoms with van der Waals surface area (Å²) in [6, 6.07) is 5.00. The van der Waals surface area contributed by atoms with E-state index in [4.69, 9.17) is 0 Å². The molecule has 0 spiro atoms. The monoisotopic (exact) mass is 370 g/mol. The van der Waals surface area contributed by atoms with Crippen molar-refractivity contribution in [3.05, 3.63) is 34.4 Å². The minimum atomic E-state index is -3.98. The van der Waals surface area contributed by atoms with Crippen LogP contribution in [0.4, 0.5) is 5.69 Å². The first kappa shape index (κ1) is 19.3. The van der Waals surface area contributed by atoms with Crippen molar-refractivity contribution in [2.45, 2.75) is 23.8 Å².